The molecule has 0 saturated carbocycles. The van der Waals surface area contributed by atoms with Gasteiger partial charge in [-0.2, -0.15) is 0 Å². The topological polar surface area (TPSA) is 65.4 Å². The zero-order chi connectivity index (χ0) is 21.0. The Hall–Kier alpha value is -1.89. The van der Waals surface area contributed by atoms with Crippen LogP contribution in [0.2, 0.25) is 5.02 Å². The third-order valence-electron chi connectivity index (χ3n) is 5.42. The number of ether oxygens (including phenoxy) is 2. The molecule has 0 fully saturated rings. The average Bonchev–Trinajstić information content (AvgIpc) is 2.70. The van der Waals surface area contributed by atoms with Crippen molar-refractivity contribution in [1.29, 1.82) is 0 Å². The molecule has 0 aliphatic heterocycles. The number of nitrogens with one attached hydrogen (secondary N) is 1. The first-order valence-corrected chi connectivity index (χ1v) is 10.5. The summed E-state index contributed by atoms with van der Waals surface area (Å²) in [6.07, 6.45) is 4.49. The molecule has 1 aliphatic rings. The third-order valence-corrected chi connectivity index (χ3v) is 5.74. The van der Waals surface area contributed by atoms with E-state index in [9.17, 15) is 4.79 Å². The minimum atomic E-state index is -0.137. The molecule has 2 aromatic rings. The van der Waals surface area contributed by atoms with E-state index in [1.165, 1.54) is 24.0 Å². The molecule has 158 valence electrons. The molecule has 29 heavy (non-hydrogen) atoms. The monoisotopic (exact) mass is 419 g/mol. The van der Waals surface area contributed by atoms with Crippen LogP contribution in [0.15, 0.2) is 16.9 Å². The predicted octanol–water partition coefficient (Wildman–Crippen LogP) is 3.84. The van der Waals surface area contributed by atoms with E-state index in [1.54, 1.807) is 18.8 Å². The van der Waals surface area contributed by atoms with E-state index in [4.69, 9.17) is 26.1 Å². The Bertz CT molecular complexity index is 920. The maximum atomic E-state index is 13.3. The Morgan fingerprint density at radius 3 is 2.38 bits per heavy atom. The van der Waals surface area contributed by atoms with Crippen LogP contribution in [0.1, 0.15) is 36.6 Å². The van der Waals surface area contributed by atoms with Crippen molar-refractivity contribution in [3.05, 3.63) is 44.3 Å². The van der Waals surface area contributed by atoms with Crippen LogP contribution in [0.25, 0.3) is 11.4 Å². The molecule has 3 rings (SSSR count). The van der Waals surface area contributed by atoms with Crippen molar-refractivity contribution >= 4 is 17.3 Å². The first-order valence-electron chi connectivity index (χ1n) is 10.2. The van der Waals surface area contributed by atoms with Gasteiger partial charge in [0.15, 0.2) is 0 Å². The van der Waals surface area contributed by atoms with Gasteiger partial charge in [-0.3, -0.25) is 9.36 Å². The molecular weight excluding hydrogens is 390 g/mol. The average molecular weight is 420 g/mol. The fourth-order valence-electron chi connectivity index (χ4n) is 3.99. The lowest BCUT2D eigenvalue weighted by Gasteiger charge is -2.22. The van der Waals surface area contributed by atoms with Gasteiger partial charge in [-0.05, 0) is 62.8 Å². The predicted molar refractivity (Wildman–Crippen MR) is 117 cm³/mol. The molecule has 0 spiro atoms. The Morgan fingerprint density at radius 1 is 1.17 bits per heavy atom. The van der Waals surface area contributed by atoms with Crippen molar-refractivity contribution < 1.29 is 9.47 Å². The highest BCUT2D eigenvalue weighted by molar-refractivity contribution is 6.33. The SMILES string of the molecule is CCn1c(-c2cc3c(cc2Cl)CCCC3)nc(C)c(NC(COC)COC)c1=O. The fourth-order valence-corrected chi connectivity index (χ4v) is 4.26. The Kier molecular flexibility index (Phi) is 7.33. The number of fused-ring (bicyclic) bond motifs is 1. The van der Waals surface area contributed by atoms with Crippen molar-refractivity contribution in [3.8, 4) is 11.4 Å². The maximum absolute atomic E-state index is 13.3. The van der Waals surface area contributed by atoms with Gasteiger partial charge >= 0.3 is 0 Å². The van der Waals surface area contributed by atoms with Crippen molar-refractivity contribution in [2.45, 2.75) is 52.1 Å². The molecule has 1 N–H and O–H groups in total. The van der Waals surface area contributed by atoms with Gasteiger partial charge < -0.3 is 14.8 Å². The zero-order valence-electron chi connectivity index (χ0n) is 17.7. The molecule has 0 amide bonds. The summed E-state index contributed by atoms with van der Waals surface area (Å²) in [5, 5.41) is 3.91. The largest absolute Gasteiger partial charge is 0.382 e. The standard InChI is InChI=1S/C22H30ClN3O3/c1-5-26-21(18-10-15-8-6-7-9-16(15)11-19(18)23)24-14(2)20(22(26)27)25-17(12-28-3)13-29-4/h10-11,17,25H,5-9,12-13H2,1-4H3. The summed E-state index contributed by atoms with van der Waals surface area (Å²) in [5.41, 5.74) is 4.46. The number of nitrogens with zero attached hydrogens (tertiary/aromatic N) is 2. The first kappa shape index (κ1) is 21.8. The summed E-state index contributed by atoms with van der Waals surface area (Å²) in [5.74, 6) is 0.619. The van der Waals surface area contributed by atoms with E-state index < -0.39 is 0 Å². The van der Waals surface area contributed by atoms with Crippen molar-refractivity contribution in [1.82, 2.24) is 9.55 Å². The van der Waals surface area contributed by atoms with Gasteiger partial charge in [0, 0.05) is 26.3 Å². The van der Waals surface area contributed by atoms with Crippen LogP contribution in [0.5, 0.6) is 0 Å². The van der Waals surface area contributed by atoms with Gasteiger partial charge in [0.1, 0.15) is 11.5 Å². The third kappa shape index (κ3) is 4.65. The summed E-state index contributed by atoms with van der Waals surface area (Å²) < 4.78 is 12.2. The maximum Gasteiger partial charge on any atom is 0.277 e. The van der Waals surface area contributed by atoms with E-state index in [1.807, 2.05) is 19.9 Å². The summed E-state index contributed by atoms with van der Waals surface area (Å²) in [6, 6.07) is 4.03. The highest BCUT2D eigenvalue weighted by atomic mass is 35.5. The normalized spacial score (nSPS) is 13.6. The quantitative estimate of drug-likeness (QED) is 0.704. The number of methoxy groups -OCH3 is 2. The van der Waals surface area contributed by atoms with Gasteiger partial charge in [-0.25, -0.2) is 4.98 Å². The Balaban J connectivity index is 2.07. The second-order valence-electron chi connectivity index (χ2n) is 7.51. The number of halogens is 1. The highest BCUT2D eigenvalue weighted by Gasteiger charge is 2.21. The second-order valence-corrected chi connectivity index (χ2v) is 7.91. The molecule has 0 radical (unpaired) electrons. The van der Waals surface area contributed by atoms with Crippen LogP contribution in [0, 0.1) is 6.92 Å². The summed E-state index contributed by atoms with van der Waals surface area (Å²) in [6.45, 7) is 5.15. The number of rotatable bonds is 8. The number of aryl methyl sites for hydroxylation is 3. The molecule has 1 aliphatic carbocycles. The van der Waals surface area contributed by atoms with E-state index >= 15 is 0 Å². The second kappa shape index (κ2) is 9.74. The molecule has 0 saturated heterocycles. The van der Waals surface area contributed by atoms with Gasteiger partial charge in [-0.15, -0.1) is 0 Å². The lowest BCUT2D eigenvalue weighted by atomic mass is 9.90. The number of hydrogen-bond acceptors (Lipinski definition) is 5. The first-order chi connectivity index (χ1) is 14.0. The van der Waals surface area contributed by atoms with Crippen LogP contribution in [0.4, 0.5) is 5.69 Å². The summed E-state index contributed by atoms with van der Waals surface area (Å²) in [7, 11) is 3.25. The molecule has 7 heteroatoms. The van der Waals surface area contributed by atoms with E-state index in [2.05, 4.69) is 11.4 Å². The lowest BCUT2D eigenvalue weighted by Crippen LogP contribution is -2.35. The number of anilines is 1. The van der Waals surface area contributed by atoms with Crippen LogP contribution >= 0.6 is 11.6 Å². The van der Waals surface area contributed by atoms with Gasteiger partial charge in [0.25, 0.3) is 5.56 Å². The number of hydrogen-bond donors (Lipinski definition) is 1. The van der Waals surface area contributed by atoms with Gasteiger partial charge in [-0.1, -0.05) is 11.6 Å². The molecular formula is C22H30ClN3O3. The van der Waals surface area contributed by atoms with E-state index in [0.717, 1.165) is 18.4 Å². The Morgan fingerprint density at radius 2 is 1.79 bits per heavy atom. The molecule has 1 heterocycles. The summed E-state index contributed by atoms with van der Waals surface area (Å²) in [4.78, 5) is 18.1. The number of benzene rings is 1. The van der Waals surface area contributed by atoms with Gasteiger partial charge in [0.05, 0.1) is 30.0 Å². The van der Waals surface area contributed by atoms with Crippen LogP contribution in [-0.2, 0) is 28.9 Å². The van der Waals surface area contributed by atoms with Crippen LogP contribution < -0.4 is 10.9 Å². The zero-order valence-corrected chi connectivity index (χ0v) is 18.4. The molecule has 1 aromatic heterocycles. The van der Waals surface area contributed by atoms with E-state index in [0.29, 0.717) is 42.0 Å². The molecule has 1 aromatic carbocycles. The smallest absolute Gasteiger partial charge is 0.277 e. The number of aromatic nitrogens is 2. The lowest BCUT2D eigenvalue weighted by molar-refractivity contribution is 0.126. The van der Waals surface area contributed by atoms with Crippen LogP contribution in [0.3, 0.4) is 0 Å². The van der Waals surface area contributed by atoms with Crippen molar-refractivity contribution in [2.75, 3.05) is 32.8 Å². The summed E-state index contributed by atoms with van der Waals surface area (Å²) >= 11 is 6.63. The minimum absolute atomic E-state index is 0.110. The minimum Gasteiger partial charge on any atom is -0.382 e. The molecule has 0 atom stereocenters. The molecule has 6 nitrogen and oxygen atoms in total. The van der Waals surface area contributed by atoms with Gasteiger partial charge in [0.2, 0.25) is 0 Å². The van der Waals surface area contributed by atoms with Crippen molar-refractivity contribution in [3.63, 3.8) is 0 Å². The molecule has 0 bridgehead atoms. The van der Waals surface area contributed by atoms with Crippen molar-refractivity contribution in [2.24, 2.45) is 0 Å². The molecule has 0 unspecified atom stereocenters. The fraction of sp³-hybridized carbons (Fsp3) is 0.545. The highest BCUT2D eigenvalue weighted by Crippen LogP contribution is 2.33. The van der Waals surface area contributed by atoms with E-state index in [-0.39, 0.29) is 11.6 Å². The van der Waals surface area contributed by atoms with Crippen LogP contribution in [-0.4, -0.2) is 43.0 Å². The Labute approximate surface area is 177 Å².